The van der Waals surface area contributed by atoms with E-state index in [0.717, 1.165) is 35.5 Å². The molecule has 0 radical (unpaired) electrons. The largest absolute Gasteiger partial charge is 0.481 e. The van der Waals surface area contributed by atoms with Crippen LogP contribution in [0.15, 0.2) is 84.9 Å². The number of carboxylic acid groups (broad SMARTS) is 1. The van der Waals surface area contributed by atoms with E-state index in [1.54, 1.807) is 0 Å². The molecule has 1 aliphatic rings. The molecule has 3 aromatic carbocycles. The highest BCUT2D eigenvalue weighted by molar-refractivity contribution is 5.84. The molecule has 1 heterocycles. The fourth-order valence-corrected chi connectivity index (χ4v) is 4.30. The van der Waals surface area contributed by atoms with E-state index >= 15 is 0 Å². The van der Waals surface area contributed by atoms with Gasteiger partial charge in [-0.15, -0.1) is 0 Å². The average molecular weight is 357 g/mol. The molecule has 1 aliphatic heterocycles. The number of carbonyl (C=O) groups is 1. The Morgan fingerprint density at radius 1 is 0.926 bits per heavy atom. The van der Waals surface area contributed by atoms with E-state index in [2.05, 4.69) is 29.2 Å². The summed E-state index contributed by atoms with van der Waals surface area (Å²) in [4.78, 5) is 14.8. The van der Waals surface area contributed by atoms with Crippen LogP contribution in [0.2, 0.25) is 0 Å². The fourth-order valence-electron chi connectivity index (χ4n) is 4.30. The number of fused-ring (bicyclic) bond motifs is 1. The average Bonchev–Trinajstić information content (AvgIpc) is 2.73. The zero-order valence-corrected chi connectivity index (χ0v) is 15.4. The second kappa shape index (κ2) is 6.92. The lowest BCUT2D eigenvalue weighted by atomic mass is 9.66. The SMILES string of the molecule is CC(C(=O)O)(c1ccccc1)C1CCN(c2ccccc2)c2ccccc21. The van der Waals surface area contributed by atoms with Gasteiger partial charge >= 0.3 is 5.97 Å². The van der Waals surface area contributed by atoms with Gasteiger partial charge in [0.15, 0.2) is 0 Å². The van der Waals surface area contributed by atoms with Crippen LogP contribution in [0.3, 0.4) is 0 Å². The zero-order valence-electron chi connectivity index (χ0n) is 15.4. The number of anilines is 2. The zero-order chi connectivity index (χ0) is 18.9. The van der Waals surface area contributed by atoms with Crippen LogP contribution in [0.4, 0.5) is 11.4 Å². The van der Waals surface area contributed by atoms with Gasteiger partial charge in [-0.05, 0) is 42.7 Å². The van der Waals surface area contributed by atoms with E-state index in [9.17, 15) is 9.90 Å². The van der Waals surface area contributed by atoms with Crippen molar-refractivity contribution >= 4 is 17.3 Å². The minimum atomic E-state index is -0.972. The number of carboxylic acids is 1. The Labute approximate surface area is 159 Å². The van der Waals surface area contributed by atoms with Crippen molar-refractivity contribution in [3.63, 3.8) is 0 Å². The smallest absolute Gasteiger partial charge is 0.314 e. The molecule has 136 valence electrons. The number of benzene rings is 3. The van der Waals surface area contributed by atoms with Gasteiger partial charge < -0.3 is 10.0 Å². The van der Waals surface area contributed by atoms with Crippen LogP contribution in [-0.2, 0) is 10.2 Å². The molecule has 27 heavy (non-hydrogen) atoms. The van der Waals surface area contributed by atoms with Crippen molar-refractivity contribution in [3.05, 3.63) is 96.1 Å². The Kier molecular flexibility index (Phi) is 4.44. The highest BCUT2D eigenvalue weighted by Crippen LogP contribution is 2.48. The number of hydrogen-bond acceptors (Lipinski definition) is 2. The molecule has 2 unspecified atom stereocenters. The van der Waals surface area contributed by atoms with Crippen LogP contribution in [0.25, 0.3) is 0 Å². The summed E-state index contributed by atoms with van der Waals surface area (Å²) >= 11 is 0. The molecule has 0 bridgehead atoms. The maximum Gasteiger partial charge on any atom is 0.314 e. The first-order valence-electron chi connectivity index (χ1n) is 9.33. The second-order valence-corrected chi connectivity index (χ2v) is 7.26. The van der Waals surface area contributed by atoms with Crippen molar-refractivity contribution in [2.45, 2.75) is 24.7 Å². The molecule has 3 aromatic rings. The van der Waals surface area contributed by atoms with Crippen molar-refractivity contribution in [1.29, 1.82) is 0 Å². The summed E-state index contributed by atoms with van der Waals surface area (Å²) in [5.74, 6) is -0.866. The Balaban J connectivity index is 1.83. The first kappa shape index (κ1) is 17.3. The quantitative estimate of drug-likeness (QED) is 0.684. The van der Waals surface area contributed by atoms with Crippen LogP contribution in [0, 0.1) is 0 Å². The summed E-state index contributed by atoms with van der Waals surface area (Å²) in [6.07, 6.45) is 0.781. The summed E-state index contributed by atoms with van der Waals surface area (Å²) < 4.78 is 0. The summed E-state index contributed by atoms with van der Waals surface area (Å²) in [6.45, 7) is 2.66. The van der Waals surface area contributed by atoms with Gasteiger partial charge in [-0.3, -0.25) is 4.79 Å². The van der Waals surface area contributed by atoms with Crippen molar-refractivity contribution in [1.82, 2.24) is 0 Å². The van der Waals surface area contributed by atoms with Gasteiger partial charge in [-0.2, -0.15) is 0 Å². The van der Waals surface area contributed by atoms with E-state index in [0.29, 0.717) is 0 Å². The van der Waals surface area contributed by atoms with Crippen molar-refractivity contribution in [2.75, 3.05) is 11.4 Å². The number of hydrogen-bond donors (Lipinski definition) is 1. The molecular weight excluding hydrogens is 334 g/mol. The number of rotatable bonds is 4. The summed E-state index contributed by atoms with van der Waals surface area (Å²) in [7, 11) is 0. The van der Waals surface area contributed by atoms with Crippen molar-refractivity contribution < 1.29 is 9.90 Å². The first-order chi connectivity index (χ1) is 13.1. The Morgan fingerprint density at radius 2 is 1.52 bits per heavy atom. The monoisotopic (exact) mass is 357 g/mol. The van der Waals surface area contributed by atoms with Gasteiger partial charge in [0.25, 0.3) is 0 Å². The molecule has 1 N–H and O–H groups in total. The Morgan fingerprint density at radius 3 is 2.19 bits per heavy atom. The van der Waals surface area contributed by atoms with Crippen LogP contribution in [0.1, 0.15) is 30.4 Å². The topological polar surface area (TPSA) is 40.5 Å². The minimum Gasteiger partial charge on any atom is -0.481 e. The number of para-hydroxylation sites is 2. The lowest BCUT2D eigenvalue weighted by Crippen LogP contribution is -2.43. The Bertz CT molecular complexity index is 939. The second-order valence-electron chi connectivity index (χ2n) is 7.26. The molecule has 0 saturated heterocycles. The van der Waals surface area contributed by atoms with Crippen molar-refractivity contribution in [3.8, 4) is 0 Å². The standard InChI is InChI=1S/C24H23NO2/c1-24(23(26)27,18-10-4-2-5-11-18)21-16-17-25(19-12-6-3-7-13-19)22-15-9-8-14-20(21)22/h2-15,21H,16-17H2,1H3,(H,26,27). The summed E-state index contributed by atoms with van der Waals surface area (Å²) in [6, 6.07) is 28.1. The molecule has 4 rings (SSSR count). The van der Waals surface area contributed by atoms with Gasteiger partial charge in [0.05, 0.1) is 5.41 Å². The molecule has 0 aliphatic carbocycles. The van der Waals surface area contributed by atoms with Crippen LogP contribution < -0.4 is 4.90 Å². The Hall–Kier alpha value is -3.07. The predicted octanol–water partition coefficient (Wildman–Crippen LogP) is 5.35. The molecular formula is C24H23NO2. The number of nitrogens with zero attached hydrogens (tertiary/aromatic N) is 1. The van der Waals surface area contributed by atoms with E-state index in [1.807, 2.05) is 67.6 Å². The lowest BCUT2D eigenvalue weighted by Gasteiger charge is -2.42. The molecule has 0 saturated carbocycles. The molecule has 3 nitrogen and oxygen atoms in total. The summed E-state index contributed by atoms with van der Waals surface area (Å²) in [5, 5.41) is 10.2. The fraction of sp³-hybridized carbons (Fsp3) is 0.208. The highest BCUT2D eigenvalue weighted by Gasteiger charge is 2.46. The van der Waals surface area contributed by atoms with Crippen LogP contribution in [-0.4, -0.2) is 17.6 Å². The molecule has 0 aromatic heterocycles. The van der Waals surface area contributed by atoms with Crippen LogP contribution in [0.5, 0.6) is 0 Å². The highest BCUT2D eigenvalue weighted by atomic mass is 16.4. The number of aliphatic carboxylic acids is 1. The van der Waals surface area contributed by atoms with E-state index < -0.39 is 11.4 Å². The van der Waals surface area contributed by atoms with E-state index in [4.69, 9.17) is 0 Å². The first-order valence-corrected chi connectivity index (χ1v) is 9.33. The third-order valence-electron chi connectivity index (χ3n) is 5.83. The van der Waals surface area contributed by atoms with Gasteiger partial charge in [0, 0.05) is 23.8 Å². The molecule has 0 spiro atoms. The van der Waals surface area contributed by atoms with E-state index in [-0.39, 0.29) is 5.92 Å². The van der Waals surface area contributed by atoms with E-state index in [1.165, 1.54) is 0 Å². The van der Waals surface area contributed by atoms with Crippen LogP contribution >= 0.6 is 0 Å². The predicted molar refractivity (Wildman–Crippen MR) is 109 cm³/mol. The molecule has 0 fully saturated rings. The van der Waals surface area contributed by atoms with Crippen molar-refractivity contribution in [2.24, 2.45) is 0 Å². The maximum atomic E-state index is 12.5. The molecule has 0 amide bonds. The normalized spacial score (nSPS) is 18.4. The molecule has 2 atom stereocenters. The maximum absolute atomic E-state index is 12.5. The lowest BCUT2D eigenvalue weighted by molar-refractivity contribution is -0.144. The van der Waals surface area contributed by atoms with Gasteiger partial charge in [-0.1, -0.05) is 66.7 Å². The summed E-state index contributed by atoms with van der Waals surface area (Å²) in [5.41, 5.74) is 3.22. The minimum absolute atomic E-state index is 0.0893. The van der Waals surface area contributed by atoms with Gasteiger partial charge in [-0.25, -0.2) is 0 Å². The third kappa shape index (κ3) is 2.89. The third-order valence-corrected chi connectivity index (χ3v) is 5.83. The molecule has 3 heteroatoms. The van der Waals surface area contributed by atoms with Gasteiger partial charge in [0.2, 0.25) is 0 Å². The van der Waals surface area contributed by atoms with Gasteiger partial charge in [0.1, 0.15) is 0 Å².